The number of ether oxygens (including phenoxy) is 4. The van der Waals surface area contributed by atoms with Crippen molar-refractivity contribution in [1.82, 2.24) is 0 Å². The fraction of sp³-hybridized carbons (Fsp3) is 0.680. The van der Waals surface area contributed by atoms with Crippen LogP contribution in [0.4, 0.5) is 5.69 Å². The van der Waals surface area contributed by atoms with Crippen molar-refractivity contribution in [2.75, 3.05) is 38.5 Å². The van der Waals surface area contributed by atoms with Crippen LogP contribution >= 0.6 is 0 Å². The number of carbonyl (C=O) groups excluding carboxylic acids is 3. The molecular formula is C25H43NO7Si. The molecule has 0 fully saturated rings. The first-order valence-electron chi connectivity index (χ1n) is 11.4. The maximum Gasteiger partial charge on any atom is 0.373 e. The highest BCUT2D eigenvalue weighted by Gasteiger charge is 2.25. The monoisotopic (exact) mass is 497 g/mol. The third-order valence-electron chi connectivity index (χ3n) is 4.21. The van der Waals surface area contributed by atoms with E-state index in [4.69, 9.17) is 28.5 Å². The van der Waals surface area contributed by atoms with E-state index in [9.17, 15) is 4.79 Å². The first-order valence-corrected chi connectivity index (χ1v) is 15.1. The summed E-state index contributed by atoms with van der Waals surface area (Å²) in [4.78, 5) is 30.9. The van der Waals surface area contributed by atoms with Gasteiger partial charge in [-0.05, 0) is 44.4 Å². The van der Waals surface area contributed by atoms with Crippen molar-refractivity contribution in [3.8, 4) is 11.5 Å². The van der Waals surface area contributed by atoms with E-state index >= 15 is 0 Å². The number of benzene rings is 1. The molecule has 194 valence electrons. The van der Waals surface area contributed by atoms with Crippen LogP contribution in [0, 0.1) is 5.41 Å². The average Bonchev–Trinajstić information content (AvgIpc) is 2.64. The molecule has 1 aromatic carbocycles. The second-order valence-electron chi connectivity index (χ2n) is 11.4. The molecule has 0 atom stereocenters. The summed E-state index contributed by atoms with van der Waals surface area (Å²) >= 11 is 0. The maximum absolute atomic E-state index is 12.6. The number of nitrogens with zero attached hydrogens (tertiary/aromatic N) is 1. The summed E-state index contributed by atoms with van der Waals surface area (Å²) in [6, 6.07) is 6.71. The molecule has 0 saturated carbocycles. The number of rotatable bonds is 11. The Hall–Kier alpha value is -2.35. The Morgan fingerprint density at radius 1 is 1.06 bits per heavy atom. The molecule has 1 aromatic rings. The van der Waals surface area contributed by atoms with Gasteiger partial charge in [-0.3, -0.25) is 4.79 Å². The Balaban J connectivity index is 0.00000343. The lowest BCUT2D eigenvalue weighted by molar-refractivity contribution is -0.191. The quantitative estimate of drug-likeness (QED) is 0.183. The van der Waals surface area contributed by atoms with Gasteiger partial charge in [0.1, 0.15) is 23.6 Å². The van der Waals surface area contributed by atoms with E-state index in [1.165, 1.54) is 0 Å². The molecule has 0 heterocycles. The summed E-state index contributed by atoms with van der Waals surface area (Å²) in [5.41, 5.74) is 0.247. The summed E-state index contributed by atoms with van der Waals surface area (Å²) in [6.45, 7) is 20.6. The molecule has 34 heavy (non-hydrogen) atoms. The number of hydrogen-bond donors (Lipinski definition) is 0. The molecule has 0 saturated heterocycles. The van der Waals surface area contributed by atoms with Crippen LogP contribution in [0.2, 0.25) is 25.7 Å². The van der Waals surface area contributed by atoms with Crippen LogP contribution in [0.25, 0.3) is 0 Å². The van der Waals surface area contributed by atoms with Gasteiger partial charge in [-0.15, -0.1) is 0 Å². The van der Waals surface area contributed by atoms with E-state index in [1.54, 1.807) is 7.11 Å². The lowest BCUT2D eigenvalue weighted by Gasteiger charge is -2.33. The van der Waals surface area contributed by atoms with Crippen molar-refractivity contribution in [2.45, 2.75) is 72.8 Å². The lowest BCUT2D eigenvalue weighted by Crippen LogP contribution is -2.39. The summed E-state index contributed by atoms with van der Waals surface area (Å²) in [7, 11) is 0.467. The number of hydrogen-bond acceptors (Lipinski definition) is 8. The molecule has 0 aromatic heterocycles. The largest absolute Gasteiger partial charge is 0.497 e. The van der Waals surface area contributed by atoms with Gasteiger partial charge in [0.15, 0.2) is 6.79 Å². The van der Waals surface area contributed by atoms with Gasteiger partial charge >= 0.3 is 12.1 Å². The van der Waals surface area contributed by atoms with Crippen molar-refractivity contribution < 1.29 is 33.3 Å². The molecule has 1 rings (SSSR count). The number of methoxy groups -OCH3 is 1. The second kappa shape index (κ2) is 14.1. The van der Waals surface area contributed by atoms with Crippen LogP contribution in [0.5, 0.6) is 11.5 Å². The zero-order chi connectivity index (χ0) is 26.6. The summed E-state index contributed by atoms with van der Waals surface area (Å²) in [6.07, 6.45) is 0.250. The van der Waals surface area contributed by atoms with Crippen LogP contribution in [0.3, 0.4) is 0 Å². The SMILES string of the molecule is COc1ccc(N(CC(=O)OC(C)(C)C)CC(C)(C)C)c(OCOCC[Si](C)(C)C)c1.O=C=O. The molecule has 0 amide bonds. The fourth-order valence-electron chi connectivity index (χ4n) is 2.87. The molecule has 0 aliphatic carbocycles. The predicted octanol–water partition coefficient (Wildman–Crippen LogP) is 5.00. The van der Waals surface area contributed by atoms with E-state index in [-0.39, 0.29) is 30.9 Å². The Labute approximate surface area is 205 Å². The van der Waals surface area contributed by atoms with E-state index in [1.807, 2.05) is 43.9 Å². The topological polar surface area (TPSA) is 91.4 Å². The minimum absolute atomic E-state index is 0.0347. The summed E-state index contributed by atoms with van der Waals surface area (Å²) in [5, 5.41) is 0. The van der Waals surface area contributed by atoms with E-state index in [2.05, 4.69) is 40.4 Å². The summed E-state index contributed by atoms with van der Waals surface area (Å²) < 4.78 is 22.7. The van der Waals surface area contributed by atoms with Crippen LogP contribution in [0.15, 0.2) is 18.2 Å². The standard InChI is InChI=1S/C24H43NO5Si.CO2/c1-23(2,3)17-25(16-22(26)30-24(4,5)6)20-12-11-19(27-7)15-21(20)29-18-28-13-14-31(8,9)10;2-1-3/h11-12,15H,13-14,16-18H2,1-10H3;. The smallest absolute Gasteiger partial charge is 0.373 e. The average molecular weight is 498 g/mol. The van der Waals surface area contributed by atoms with Crippen molar-refractivity contribution >= 4 is 25.9 Å². The molecule has 0 unspecified atom stereocenters. The zero-order valence-corrected chi connectivity index (χ0v) is 23.6. The maximum atomic E-state index is 12.6. The van der Waals surface area contributed by atoms with Crippen LogP contribution in [0.1, 0.15) is 41.5 Å². The molecule has 0 spiro atoms. The van der Waals surface area contributed by atoms with Gasteiger partial charge in [-0.25, -0.2) is 0 Å². The lowest BCUT2D eigenvalue weighted by atomic mass is 9.95. The molecule has 0 aliphatic heterocycles. The van der Waals surface area contributed by atoms with Gasteiger partial charge in [0.25, 0.3) is 0 Å². The van der Waals surface area contributed by atoms with E-state index in [0.29, 0.717) is 24.7 Å². The highest BCUT2D eigenvalue weighted by Crippen LogP contribution is 2.34. The fourth-order valence-corrected chi connectivity index (χ4v) is 3.63. The highest BCUT2D eigenvalue weighted by molar-refractivity contribution is 6.76. The van der Waals surface area contributed by atoms with E-state index < -0.39 is 13.7 Å². The third kappa shape index (κ3) is 15.5. The van der Waals surface area contributed by atoms with Gasteiger partial charge in [0.05, 0.1) is 12.8 Å². The predicted molar refractivity (Wildman–Crippen MR) is 135 cm³/mol. The van der Waals surface area contributed by atoms with Crippen molar-refractivity contribution in [2.24, 2.45) is 5.41 Å². The molecule has 0 N–H and O–H groups in total. The Morgan fingerprint density at radius 3 is 2.12 bits per heavy atom. The Morgan fingerprint density at radius 2 is 1.65 bits per heavy atom. The highest BCUT2D eigenvalue weighted by atomic mass is 28.3. The molecular weight excluding hydrogens is 454 g/mol. The van der Waals surface area contributed by atoms with Gasteiger partial charge in [0.2, 0.25) is 0 Å². The molecule has 0 aliphatic rings. The molecule has 9 heteroatoms. The Bertz CT molecular complexity index is 786. The third-order valence-corrected chi connectivity index (χ3v) is 5.91. The number of carbonyl (C=O) groups is 1. The minimum Gasteiger partial charge on any atom is -0.497 e. The van der Waals surface area contributed by atoms with Gasteiger partial charge < -0.3 is 23.8 Å². The number of esters is 1. The number of anilines is 1. The first-order chi connectivity index (χ1) is 15.5. The van der Waals surface area contributed by atoms with Crippen LogP contribution in [-0.4, -0.2) is 59.4 Å². The van der Waals surface area contributed by atoms with Gasteiger partial charge in [-0.1, -0.05) is 40.4 Å². The van der Waals surface area contributed by atoms with Crippen molar-refractivity contribution in [3.63, 3.8) is 0 Å². The van der Waals surface area contributed by atoms with Crippen LogP contribution in [-0.2, 0) is 23.9 Å². The molecule has 0 bridgehead atoms. The van der Waals surface area contributed by atoms with E-state index in [0.717, 1.165) is 11.7 Å². The Kier molecular flexibility index (Phi) is 13.2. The first kappa shape index (κ1) is 31.6. The molecule has 0 radical (unpaired) electrons. The van der Waals surface area contributed by atoms with Gasteiger partial charge in [0, 0.05) is 27.3 Å². The zero-order valence-electron chi connectivity index (χ0n) is 22.6. The van der Waals surface area contributed by atoms with Crippen LogP contribution < -0.4 is 14.4 Å². The van der Waals surface area contributed by atoms with Crippen molar-refractivity contribution in [3.05, 3.63) is 18.2 Å². The van der Waals surface area contributed by atoms with Crippen molar-refractivity contribution in [1.29, 1.82) is 0 Å². The second-order valence-corrected chi connectivity index (χ2v) is 17.0. The molecule has 8 nitrogen and oxygen atoms in total. The normalized spacial score (nSPS) is 11.6. The minimum atomic E-state index is -1.16. The summed E-state index contributed by atoms with van der Waals surface area (Å²) in [5.74, 6) is 1.04. The van der Waals surface area contributed by atoms with Gasteiger partial charge in [-0.2, -0.15) is 9.59 Å².